The molecule has 1 saturated heterocycles. The number of halogens is 1. The van der Waals surface area contributed by atoms with E-state index in [1.807, 2.05) is 30.3 Å². The molecular weight excluding hydrogens is 326 g/mol. The van der Waals surface area contributed by atoms with E-state index in [9.17, 15) is 4.79 Å². The molecule has 0 saturated carbocycles. The van der Waals surface area contributed by atoms with Gasteiger partial charge in [0.05, 0.1) is 19.6 Å². The molecule has 3 rings (SSSR count). The minimum atomic E-state index is -0.0483. The smallest absolute Gasteiger partial charge is 0.224 e. The normalized spacial score (nSPS) is 14.5. The van der Waals surface area contributed by atoms with E-state index in [2.05, 4.69) is 15.2 Å². The highest BCUT2D eigenvalue weighted by Gasteiger charge is 2.13. The number of nitrogens with one attached hydrogen (secondary N) is 1. The van der Waals surface area contributed by atoms with E-state index in [-0.39, 0.29) is 12.3 Å². The molecule has 1 aliphatic heterocycles. The number of aromatic nitrogens is 1. The van der Waals surface area contributed by atoms with E-state index in [0.29, 0.717) is 11.6 Å². The van der Waals surface area contributed by atoms with Gasteiger partial charge in [0.25, 0.3) is 0 Å². The molecule has 1 aromatic heterocycles. The molecule has 1 N–H and O–H groups in total. The Morgan fingerprint density at radius 2 is 2.04 bits per heavy atom. The number of pyridine rings is 1. The molecule has 126 valence electrons. The fraction of sp³-hybridized carbons (Fsp3) is 0.333. The maximum absolute atomic E-state index is 12.1. The predicted molar refractivity (Wildman–Crippen MR) is 94.3 cm³/mol. The highest BCUT2D eigenvalue weighted by molar-refractivity contribution is 6.31. The summed E-state index contributed by atoms with van der Waals surface area (Å²) in [5.41, 5.74) is 1.86. The van der Waals surface area contributed by atoms with E-state index in [1.54, 1.807) is 12.3 Å². The fourth-order valence-corrected chi connectivity index (χ4v) is 2.82. The van der Waals surface area contributed by atoms with Crippen molar-refractivity contribution in [2.45, 2.75) is 13.0 Å². The number of rotatable bonds is 5. The van der Waals surface area contributed by atoms with Gasteiger partial charge in [0, 0.05) is 30.9 Å². The fourth-order valence-electron chi connectivity index (χ4n) is 2.61. The van der Waals surface area contributed by atoms with Crippen LogP contribution in [0.5, 0.6) is 0 Å². The third kappa shape index (κ3) is 4.46. The van der Waals surface area contributed by atoms with Crippen molar-refractivity contribution in [3.63, 3.8) is 0 Å². The van der Waals surface area contributed by atoms with Crippen LogP contribution in [0.2, 0.25) is 5.02 Å². The Kier molecular flexibility index (Phi) is 5.67. The van der Waals surface area contributed by atoms with Crippen molar-refractivity contribution in [2.24, 2.45) is 0 Å². The quantitative estimate of drug-likeness (QED) is 0.904. The molecular formula is C18H20ClN3O2. The van der Waals surface area contributed by atoms with Crippen LogP contribution in [0, 0.1) is 0 Å². The summed E-state index contributed by atoms with van der Waals surface area (Å²) in [5.74, 6) is 0.879. The van der Waals surface area contributed by atoms with Gasteiger partial charge in [0.2, 0.25) is 5.91 Å². The number of carbonyl (C=O) groups excluding carboxylic acids is 1. The summed E-state index contributed by atoms with van der Waals surface area (Å²) in [6.07, 6.45) is 2.06. The van der Waals surface area contributed by atoms with Crippen LogP contribution in [-0.2, 0) is 22.5 Å². The number of benzene rings is 1. The summed E-state index contributed by atoms with van der Waals surface area (Å²) in [5, 5.41) is 3.55. The van der Waals surface area contributed by atoms with Crippen molar-refractivity contribution < 1.29 is 9.53 Å². The first-order valence-electron chi connectivity index (χ1n) is 8.00. The lowest BCUT2D eigenvalue weighted by Gasteiger charge is -2.28. The number of carbonyl (C=O) groups is 1. The summed E-state index contributed by atoms with van der Waals surface area (Å²) in [7, 11) is 0. The lowest BCUT2D eigenvalue weighted by Crippen LogP contribution is -2.36. The molecule has 24 heavy (non-hydrogen) atoms. The average molecular weight is 346 g/mol. The molecule has 2 aromatic rings. The van der Waals surface area contributed by atoms with E-state index in [0.717, 1.165) is 43.2 Å². The topological polar surface area (TPSA) is 54.5 Å². The number of morpholine rings is 1. The first-order valence-corrected chi connectivity index (χ1v) is 8.38. The molecule has 1 aromatic carbocycles. The largest absolute Gasteiger partial charge is 0.378 e. The van der Waals surface area contributed by atoms with Crippen LogP contribution >= 0.6 is 11.6 Å². The second-order valence-electron chi connectivity index (χ2n) is 5.67. The lowest BCUT2D eigenvalue weighted by molar-refractivity contribution is -0.120. The molecule has 0 atom stereocenters. The molecule has 1 amide bonds. The van der Waals surface area contributed by atoms with Gasteiger partial charge < -0.3 is 15.0 Å². The summed E-state index contributed by atoms with van der Waals surface area (Å²) in [6, 6.07) is 11.3. The van der Waals surface area contributed by atoms with Gasteiger partial charge >= 0.3 is 0 Å². The van der Waals surface area contributed by atoms with Gasteiger partial charge in [0.15, 0.2) is 0 Å². The first-order chi connectivity index (χ1) is 11.7. The number of hydrogen-bond acceptors (Lipinski definition) is 4. The van der Waals surface area contributed by atoms with E-state index in [1.165, 1.54) is 0 Å². The summed E-state index contributed by atoms with van der Waals surface area (Å²) >= 11 is 6.09. The predicted octanol–water partition coefficient (Wildman–Crippen LogP) is 2.43. The van der Waals surface area contributed by atoms with Crippen molar-refractivity contribution in [3.8, 4) is 0 Å². The van der Waals surface area contributed by atoms with Crippen LogP contribution in [0.15, 0.2) is 42.6 Å². The lowest BCUT2D eigenvalue weighted by atomic mass is 10.1. The third-order valence-electron chi connectivity index (χ3n) is 3.94. The maximum atomic E-state index is 12.1. The van der Waals surface area contributed by atoms with Crippen LogP contribution in [0.1, 0.15) is 11.1 Å². The van der Waals surface area contributed by atoms with E-state index < -0.39 is 0 Å². The van der Waals surface area contributed by atoms with Crippen LogP contribution in [-0.4, -0.2) is 37.2 Å². The van der Waals surface area contributed by atoms with Crippen LogP contribution in [0.4, 0.5) is 5.82 Å². The van der Waals surface area contributed by atoms with Gasteiger partial charge in [-0.05, 0) is 29.3 Å². The Bertz CT molecular complexity index is 702. The van der Waals surface area contributed by atoms with Crippen molar-refractivity contribution in [3.05, 3.63) is 58.7 Å². The minimum absolute atomic E-state index is 0.0483. The van der Waals surface area contributed by atoms with Crippen LogP contribution in [0.3, 0.4) is 0 Å². The van der Waals surface area contributed by atoms with Gasteiger partial charge in [-0.2, -0.15) is 0 Å². The zero-order valence-electron chi connectivity index (χ0n) is 13.4. The summed E-state index contributed by atoms with van der Waals surface area (Å²) < 4.78 is 5.36. The van der Waals surface area contributed by atoms with Crippen LogP contribution < -0.4 is 10.2 Å². The Hall–Kier alpha value is -2.11. The average Bonchev–Trinajstić information content (AvgIpc) is 2.63. The third-order valence-corrected chi connectivity index (χ3v) is 4.31. The first kappa shape index (κ1) is 16.7. The highest BCUT2D eigenvalue weighted by Crippen LogP contribution is 2.16. The molecule has 1 fully saturated rings. The molecule has 0 bridgehead atoms. The molecule has 5 nitrogen and oxygen atoms in total. The zero-order chi connectivity index (χ0) is 16.8. The standard InChI is InChI=1S/C18H20ClN3O2/c19-16-4-2-1-3-15(16)12-18(23)21-13-14-5-6-20-17(11-14)22-7-9-24-10-8-22/h1-6,11H,7-10,12-13H2,(H,21,23). The molecule has 0 spiro atoms. The van der Waals surface area contributed by atoms with Gasteiger partial charge in [-0.25, -0.2) is 4.98 Å². The molecule has 1 aliphatic rings. The Labute approximate surface area is 146 Å². The van der Waals surface area contributed by atoms with E-state index in [4.69, 9.17) is 16.3 Å². The molecule has 0 aliphatic carbocycles. The number of ether oxygens (including phenoxy) is 1. The maximum Gasteiger partial charge on any atom is 0.224 e. The summed E-state index contributed by atoms with van der Waals surface area (Å²) in [6.45, 7) is 3.61. The van der Waals surface area contributed by atoms with Crippen LogP contribution in [0.25, 0.3) is 0 Å². The molecule has 2 heterocycles. The van der Waals surface area contributed by atoms with Gasteiger partial charge in [-0.3, -0.25) is 4.79 Å². The molecule has 0 radical (unpaired) electrons. The highest BCUT2D eigenvalue weighted by atomic mass is 35.5. The Balaban J connectivity index is 1.56. The second-order valence-corrected chi connectivity index (χ2v) is 6.07. The monoisotopic (exact) mass is 345 g/mol. The van der Waals surface area contributed by atoms with Gasteiger partial charge in [-0.1, -0.05) is 29.8 Å². The van der Waals surface area contributed by atoms with Crippen molar-refractivity contribution >= 4 is 23.3 Å². The van der Waals surface area contributed by atoms with Gasteiger partial charge in [0.1, 0.15) is 5.82 Å². The molecule has 6 heteroatoms. The Morgan fingerprint density at radius 3 is 2.83 bits per heavy atom. The molecule has 0 unspecified atom stereocenters. The van der Waals surface area contributed by atoms with Crippen molar-refractivity contribution in [1.29, 1.82) is 0 Å². The second kappa shape index (κ2) is 8.13. The van der Waals surface area contributed by atoms with Crippen molar-refractivity contribution in [1.82, 2.24) is 10.3 Å². The number of nitrogens with zero attached hydrogens (tertiary/aromatic N) is 2. The van der Waals surface area contributed by atoms with Gasteiger partial charge in [-0.15, -0.1) is 0 Å². The Morgan fingerprint density at radius 1 is 1.25 bits per heavy atom. The SMILES string of the molecule is O=C(Cc1ccccc1Cl)NCc1ccnc(N2CCOCC2)c1. The number of anilines is 1. The number of amides is 1. The number of hydrogen-bond donors (Lipinski definition) is 1. The minimum Gasteiger partial charge on any atom is -0.378 e. The van der Waals surface area contributed by atoms with Crippen molar-refractivity contribution in [2.75, 3.05) is 31.2 Å². The zero-order valence-corrected chi connectivity index (χ0v) is 14.1. The summed E-state index contributed by atoms with van der Waals surface area (Å²) in [4.78, 5) is 18.7. The van der Waals surface area contributed by atoms with E-state index >= 15 is 0 Å².